The Bertz CT molecular complexity index is 613. The summed E-state index contributed by atoms with van der Waals surface area (Å²) in [7, 11) is 0. The summed E-state index contributed by atoms with van der Waals surface area (Å²) < 4.78 is 13.3. The minimum Gasteiger partial charge on any atom is -0.271 e. The number of hydrogen-bond acceptors (Lipinski definition) is 2. The first-order valence-corrected chi connectivity index (χ1v) is 6.86. The Morgan fingerprint density at radius 3 is 2.60 bits per heavy atom. The highest BCUT2D eigenvalue weighted by molar-refractivity contribution is 6.31. The van der Waals surface area contributed by atoms with E-state index < -0.39 is 0 Å². The van der Waals surface area contributed by atoms with Crippen LogP contribution in [0.4, 0.5) is 4.39 Å². The maximum Gasteiger partial charge on any atom is 0.123 e. The molecule has 0 radical (unpaired) electrons. The standard InChI is InChI=1S/C16H18ClFN2/c1-10-3-5-14(11(2)7-10)16(20-19)9-12-8-13(18)4-6-15(12)17/h3-8,16,20H,9,19H2,1-2H3. The summed E-state index contributed by atoms with van der Waals surface area (Å²) in [6.07, 6.45) is 0.539. The molecule has 1 unspecified atom stereocenters. The van der Waals surface area contributed by atoms with E-state index in [1.54, 1.807) is 6.07 Å². The van der Waals surface area contributed by atoms with E-state index in [1.807, 2.05) is 26.0 Å². The lowest BCUT2D eigenvalue weighted by Gasteiger charge is -2.19. The van der Waals surface area contributed by atoms with Gasteiger partial charge in [-0.25, -0.2) is 4.39 Å². The van der Waals surface area contributed by atoms with Crippen LogP contribution in [0.5, 0.6) is 0 Å². The summed E-state index contributed by atoms with van der Waals surface area (Å²) in [5, 5.41) is 0.552. The molecule has 2 aromatic carbocycles. The fraction of sp³-hybridized carbons (Fsp3) is 0.250. The smallest absolute Gasteiger partial charge is 0.123 e. The highest BCUT2D eigenvalue weighted by Gasteiger charge is 2.15. The lowest BCUT2D eigenvalue weighted by molar-refractivity contribution is 0.546. The molecule has 0 amide bonds. The van der Waals surface area contributed by atoms with E-state index in [-0.39, 0.29) is 11.9 Å². The Hall–Kier alpha value is -1.42. The Morgan fingerprint density at radius 2 is 1.95 bits per heavy atom. The van der Waals surface area contributed by atoms with E-state index in [9.17, 15) is 4.39 Å². The molecule has 0 saturated carbocycles. The van der Waals surface area contributed by atoms with Crippen LogP contribution < -0.4 is 11.3 Å². The predicted octanol–water partition coefficient (Wildman–Crippen LogP) is 3.84. The van der Waals surface area contributed by atoms with Gasteiger partial charge in [0.15, 0.2) is 0 Å². The van der Waals surface area contributed by atoms with Crippen molar-refractivity contribution in [3.63, 3.8) is 0 Å². The molecule has 0 aliphatic rings. The fourth-order valence-corrected chi connectivity index (χ4v) is 2.59. The van der Waals surface area contributed by atoms with Gasteiger partial charge in [0.05, 0.1) is 6.04 Å². The van der Waals surface area contributed by atoms with Gasteiger partial charge in [-0.3, -0.25) is 11.3 Å². The zero-order valence-corrected chi connectivity index (χ0v) is 12.3. The fourth-order valence-electron chi connectivity index (χ4n) is 2.39. The maximum atomic E-state index is 13.3. The quantitative estimate of drug-likeness (QED) is 0.664. The van der Waals surface area contributed by atoms with Gasteiger partial charge < -0.3 is 0 Å². The first kappa shape index (κ1) is 15.0. The number of nitrogens with one attached hydrogen (secondary N) is 1. The van der Waals surface area contributed by atoms with Gasteiger partial charge in [-0.1, -0.05) is 35.4 Å². The van der Waals surface area contributed by atoms with Crippen molar-refractivity contribution in [3.05, 3.63) is 69.5 Å². The number of nitrogens with two attached hydrogens (primary N) is 1. The van der Waals surface area contributed by atoms with Gasteiger partial charge in [0, 0.05) is 5.02 Å². The molecule has 20 heavy (non-hydrogen) atoms. The molecule has 0 heterocycles. The van der Waals surface area contributed by atoms with E-state index in [0.717, 1.165) is 16.7 Å². The van der Waals surface area contributed by atoms with Crippen molar-refractivity contribution in [3.8, 4) is 0 Å². The predicted molar refractivity (Wildman–Crippen MR) is 81.1 cm³/mol. The molecule has 2 aromatic rings. The molecule has 2 rings (SSSR count). The summed E-state index contributed by atoms with van der Waals surface area (Å²) in [6.45, 7) is 4.09. The maximum absolute atomic E-state index is 13.3. The van der Waals surface area contributed by atoms with Crippen molar-refractivity contribution in [2.24, 2.45) is 5.84 Å². The van der Waals surface area contributed by atoms with Gasteiger partial charge in [0.2, 0.25) is 0 Å². The Labute approximate surface area is 123 Å². The number of aryl methyl sites for hydroxylation is 2. The third kappa shape index (κ3) is 3.37. The van der Waals surface area contributed by atoms with Crippen LogP contribution in [0.15, 0.2) is 36.4 Å². The summed E-state index contributed by atoms with van der Waals surface area (Å²) >= 11 is 6.11. The third-order valence-corrected chi connectivity index (χ3v) is 3.80. The summed E-state index contributed by atoms with van der Waals surface area (Å²) in [6, 6.07) is 10.5. The lowest BCUT2D eigenvalue weighted by atomic mass is 9.94. The molecular weight excluding hydrogens is 275 g/mol. The summed E-state index contributed by atoms with van der Waals surface area (Å²) in [5.41, 5.74) is 6.99. The van der Waals surface area contributed by atoms with Crippen molar-refractivity contribution in [2.45, 2.75) is 26.3 Å². The van der Waals surface area contributed by atoms with Crippen molar-refractivity contribution >= 4 is 11.6 Å². The van der Waals surface area contributed by atoms with E-state index in [0.29, 0.717) is 11.4 Å². The number of hydrazine groups is 1. The van der Waals surface area contributed by atoms with E-state index in [1.165, 1.54) is 17.7 Å². The molecule has 0 fully saturated rings. The van der Waals surface area contributed by atoms with Crippen molar-refractivity contribution in [2.75, 3.05) is 0 Å². The largest absolute Gasteiger partial charge is 0.271 e. The molecule has 106 valence electrons. The number of hydrogen-bond donors (Lipinski definition) is 2. The second-order valence-electron chi connectivity index (χ2n) is 5.02. The van der Waals surface area contributed by atoms with Crippen LogP contribution in [0.2, 0.25) is 5.02 Å². The first-order chi connectivity index (χ1) is 9.51. The van der Waals surface area contributed by atoms with Crippen LogP contribution in [0.1, 0.15) is 28.3 Å². The molecule has 0 saturated heterocycles. The van der Waals surface area contributed by atoms with E-state index in [2.05, 4.69) is 11.5 Å². The van der Waals surface area contributed by atoms with Gasteiger partial charge in [-0.05, 0) is 55.2 Å². The topological polar surface area (TPSA) is 38.0 Å². The van der Waals surface area contributed by atoms with Crippen molar-refractivity contribution in [1.29, 1.82) is 0 Å². The molecule has 0 aliphatic carbocycles. The Morgan fingerprint density at radius 1 is 1.20 bits per heavy atom. The third-order valence-electron chi connectivity index (χ3n) is 3.43. The van der Waals surface area contributed by atoms with E-state index in [4.69, 9.17) is 17.4 Å². The molecule has 3 N–H and O–H groups in total. The molecule has 1 atom stereocenters. The van der Waals surface area contributed by atoms with Crippen molar-refractivity contribution < 1.29 is 4.39 Å². The minimum absolute atomic E-state index is 0.102. The Kier molecular flexibility index (Phi) is 4.76. The van der Waals surface area contributed by atoms with E-state index >= 15 is 0 Å². The average Bonchev–Trinajstić information content (AvgIpc) is 2.40. The number of rotatable bonds is 4. The molecule has 0 aromatic heterocycles. The van der Waals surface area contributed by atoms with Crippen LogP contribution in [-0.4, -0.2) is 0 Å². The van der Waals surface area contributed by atoms with Gasteiger partial charge in [0.25, 0.3) is 0 Å². The Balaban J connectivity index is 2.31. The monoisotopic (exact) mass is 292 g/mol. The van der Waals surface area contributed by atoms with Gasteiger partial charge >= 0.3 is 0 Å². The first-order valence-electron chi connectivity index (χ1n) is 6.48. The van der Waals surface area contributed by atoms with Crippen LogP contribution in [0, 0.1) is 19.7 Å². The molecule has 4 heteroatoms. The van der Waals surface area contributed by atoms with Crippen molar-refractivity contribution in [1.82, 2.24) is 5.43 Å². The second kappa shape index (κ2) is 6.35. The summed E-state index contributed by atoms with van der Waals surface area (Å²) in [5.74, 6) is 5.37. The molecule has 0 spiro atoms. The zero-order valence-electron chi connectivity index (χ0n) is 11.6. The second-order valence-corrected chi connectivity index (χ2v) is 5.43. The highest BCUT2D eigenvalue weighted by Crippen LogP contribution is 2.26. The minimum atomic E-state index is -0.291. The number of halogens is 2. The van der Waals surface area contributed by atoms with Gasteiger partial charge in [0.1, 0.15) is 5.82 Å². The molecule has 2 nitrogen and oxygen atoms in total. The molecule has 0 bridgehead atoms. The van der Waals surface area contributed by atoms with Crippen LogP contribution in [-0.2, 0) is 6.42 Å². The van der Waals surface area contributed by atoms with Crippen LogP contribution in [0.25, 0.3) is 0 Å². The van der Waals surface area contributed by atoms with Gasteiger partial charge in [-0.15, -0.1) is 0 Å². The van der Waals surface area contributed by atoms with Crippen LogP contribution in [0.3, 0.4) is 0 Å². The number of benzene rings is 2. The lowest BCUT2D eigenvalue weighted by Crippen LogP contribution is -2.30. The summed E-state index contributed by atoms with van der Waals surface area (Å²) in [4.78, 5) is 0. The zero-order chi connectivity index (χ0) is 14.7. The van der Waals surface area contributed by atoms with Crippen LogP contribution >= 0.6 is 11.6 Å². The highest BCUT2D eigenvalue weighted by atomic mass is 35.5. The molecule has 0 aliphatic heterocycles. The average molecular weight is 293 g/mol. The van der Waals surface area contributed by atoms with Gasteiger partial charge in [-0.2, -0.15) is 0 Å². The SMILES string of the molecule is Cc1ccc(C(Cc2cc(F)ccc2Cl)NN)c(C)c1. The normalized spacial score (nSPS) is 12.4. The molecular formula is C16H18ClFN2.